The number of halogens is 6. The molecule has 1 fully saturated rings. The lowest BCUT2D eigenvalue weighted by Gasteiger charge is -2.38. The molecule has 1 aliphatic heterocycles. The maximum atomic E-state index is 13.1. The second-order valence-electron chi connectivity index (χ2n) is 7.49. The molecule has 2 aromatic rings. The summed E-state index contributed by atoms with van der Waals surface area (Å²) in [4.78, 5) is 13.4. The van der Waals surface area contributed by atoms with Gasteiger partial charge in [-0.05, 0) is 35.7 Å². The van der Waals surface area contributed by atoms with Gasteiger partial charge in [0.1, 0.15) is 0 Å². The highest BCUT2D eigenvalue weighted by Gasteiger charge is 2.37. The number of likely N-dealkylation sites (tertiary alicyclic amines) is 1. The third-order valence-corrected chi connectivity index (χ3v) is 5.32. The van der Waals surface area contributed by atoms with Gasteiger partial charge in [0, 0.05) is 19.0 Å². The molecule has 4 nitrogen and oxygen atoms in total. The number of benzene rings is 2. The largest absolute Gasteiger partial charge is 0.453 e. The Balaban J connectivity index is 1.83. The van der Waals surface area contributed by atoms with Gasteiger partial charge in [0.15, 0.2) is 0 Å². The van der Waals surface area contributed by atoms with Crippen molar-refractivity contribution in [3.05, 3.63) is 70.8 Å². The second-order valence-corrected chi connectivity index (χ2v) is 7.49. The summed E-state index contributed by atoms with van der Waals surface area (Å²) in [5, 5.41) is 0. The van der Waals surface area contributed by atoms with E-state index in [9.17, 15) is 31.1 Å². The van der Waals surface area contributed by atoms with Crippen LogP contribution in [0, 0.1) is 0 Å². The van der Waals surface area contributed by atoms with E-state index in [1.165, 1.54) is 12.0 Å². The molecule has 1 saturated heterocycles. The fraction of sp³-hybridized carbons (Fsp3) is 0.409. The molecule has 1 aliphatic rings. The standard InChI is InChI=1S/C22H21F6NO3/c1-31-20(30)29-8-7-19(18(12-29)15-5-3-2-4-6-15)32-13-14-9-16(21(23,24)25)11-17(10-14)22(26,27)28/h2-6,9-11,18-19H,7-8,12-13H2,1H3. The number of nitrogens with zero attached hydrogens (tertiary/aromatic N) is 1. The van der Waals surface area contributed by atoms with Crippen molar-refractivity contribution in [2.75, 3.05) is 20.2 Å². The van der Waals surface area contributed by atoms with Crippen molar-refractivity contribution in [3.63, 3.8) is 0 Å². The number of amides is 1. The molecular weight excluding hydrogens is 440 g/mol. The summed E-state index contributed by atoms with van der Waals surface area (Å²) in [6.45, 7) is 0.105. The lowest BCUT2D eigenvalue weighted by Crippen LogP contribution is -2.45. The highest BCUT2D eigenvalue weighted by Crippen LogP contribution is 2.37. The van der Waals surface area contributed by atoms with Crippen molar-refractivity contribution < 1.29 is 40.6 Å². The third kappa shape index (κ3) is 5.73. The smallest absolute Gasteiger partial charge is 0.416 e. The minimum atomic E-state index is -4.92. The second kappa shape index (κ2) is 9.40. The first-order valence-electron chi connectivity index (χ1n) is 9.77. The highest BCUT2D eigenvalue weighted by atomic mass is 19.4. The van der Waals surface area contributed by atoms with Gasteiger partial charge in [0.05, 0.1) is 30.9 Å². The van der Waals surface area contributed by atoms with Gasteiger partial charge < -0.3 is 14.4 Å². The van der Waals surface area contributed by atoms with E-state index < -0.39 is 42.3 Å². The highest BCUT2D eigenvalue weighted by molar-refractivity contribution is 5.67. The van der Waals surface area contributed by atoms with Crippen molar-refractivity contribution in [3.8, 4) is 0 Å². The first-order valence-corrected chi connectivity index (χ1v) is 9.77. The molecule has 3 rings (SSSR count). The summed E-state index contributed by atoms with van der Waals surface area (Å²) >= 11 is 0. The molecule has 1 amide bonds. The van der Waals surface area contributed by atoms with E-state index in [1.54, 1.807) is 12.1 Å². The summed E-state index contributed by atoms with van der Waals surface area (Å²) in [5.41, 5.74) is -2.16. The Bertz CT molecular complexity index is 897. The summed E-state index contributed by atoms with van der Waals surface area (Å²) in [6.07, 6.45) is -10.5. The van der Waals surface area contributed by atoms with Crippen LogP contribution in [0.15, 0.2) is 48.5 Å². The monoisotopic (exact) mass is 461 g/mol. The minimum Gasteiger partial charge on any atom is -0.453 e. The first kappa shape index (κ1) is 23.9. The Hall–Kier alpha value is -2.75. The molecule has 1 heterocycles. The molecule has 0 aromatic heterocycles. The molecular formula is C22H21F6NO3. The average molecular weight is 461 g/mol. The third-order valence-electron chi connectivity index (χ3n) is 5.32. The number of methoxy groups -OCH3 is 1. The zero-order chi connectivity index (χ0) is 23.5. The lowest BCUT2D eigenvalue weighted by molar-refractivity contribution is -0.143. The molecule has 0 bridgehead atoms. The van der Waals surface area contributed by atoms with Gasteiger partial charge in [-0.3, -0.25) is 0 Å². The van der Waals surface area contributed by atoms with Crippen molar-refractivity contribution in [1.82, 2.24) is 4.90 Å². The van der Waals surface area contributed by atoms with E-state index in [-0.39, 0.29) is 30.6 Å². The number of hydrogen-bond acceptors (Lipinski definition) is 3. The Morgan fingerprint density at radius 1 is 1.00 bits per heavy atom. The maximum absolute atomic E-state index is 13.1. The fourth-order valence-corrected chi connectivity index (χ4v) is 3.75. The van der Waals surface area contributed by atoms with Crippen LogP contribution in [0.2, 0.25) is 0 Å². The molecule has 32 heavy (non-hydrogen) atoms. The lowest BCUT2D eigenvalue weighted by atomic mass is 9.88. The van der Waals surface area contributed by atoms with Gasteiger partial charge in [0.2, 0.25) is 0 Å². The Morgan fingerprint density at radius 3 is 2.12 bits per heavy atom. The van der Waals surface area contributed by atoms with Gasteiger partial charge in [-0.25, -0.2) is 4.79 Å². The van der Waals surface area contributed by atoms with E-state index in [1.807, 2.05) is 18.2 Å². The summed E-state index contributed by atoms with van der Waals surface area (Å²) in [7, 11) is 1.26. The average Bonchev–Trinajstić information content (AvgIpc) is 2.76. The molecule has 0 saturated carbocycles. The van der Waals surface area contributed by atoms with Crippen LogP contribution in [0.1, 0.15) is 34.6 Å². The van der Waals surface area contributed by atoms with Crippen LogP contribution in [-0.4, -0.2) is 37.3 Å². The fourth-order valence-electron chi connectivity index (χ4n) is 3.75. The number of piperidine rings is 1. The molecule has 2 atom stereocenters. The first-order chi connectivity index (χ1) is 15.0. The predicted octanol–water partition coefficient (Wildman–Crippen LogP) is 5.87. The number of ether oxygens (including phenoxy) is 2. The SMILES string of the molecule is COC(=O)N1CCC(OCc2cc(C(F)(F)F)cc(C(F)(F)F)c2)C(c2ccccc2)C1. The minimum absolute atomic E-state index is 0.0884. The molecule has 2 aromatic carbocycles. The van der Waals surface area contributed by atoms with Crippen LogP contribution in [0.25, 0.3) is 0 Å². The van der Waals surface area contributed by atoms with Crippen LogP contribution in [-0.2, 0) is 28.4 Å². The number of alkyl halides is 6. The molecule has 10 heteroatoms. The topological polar surface area (TPSA) is 38.8 Å². The molecule has 0 aliphatic carbocycles. The van der Waals surface area contributed by atoms with Crippen LogP contribution >= 0.6 is 0 Å². The van der Waals surface area contributed by atoms with Gasteiger partial charge in [-0.1, -0.05) is 30.3 Å². The molecule has 174 valence electrons. The van der Waals surface area contributed by atoms with Crippen molar-refractivity contribution in [2.24, 2.45) is 0 Å². The van der Waals surface area contributed by atoms with Crippen molar-refractivity contribution in [1.29, 1.82) is 0 Å². The Kier molecular flexibility index (Phi) is 7.02. The van der Waals surface area contributed by atoms with Gasteiger partial charge in [0.25, 0.3) is 0 Å². The maximum Gasteiger partial charge on any atom is 0.416 e. The van der Waals surface area contributed by atoms with E-state index >= 15 is 0 Å². The number of carbonyl (C=O) groups is 1. The quantitative estimate of drug-likeness (QED) is 0.535. The summed E-state index contributed by atoms with van der Waals surface area (Å²) in [5.74, 6) is -0.322. The Labute approximate surface area is 180 Å². The van der Waals surface area contributed by atoms with Crippen LogP contribution in [0.4, 0.5) is 31.1 Å². The number of carbonyl (C=O) groups excluding carboxylic acids is 1. The molecule has 2 unspecified atom stereocenters. The van der Waals surface area contributed by atoms with E-state index in [0.29, 0.717) is 18.6 Å². The summed E-state index contributed by atoms with van der Waals surface area (Å²) in [6, 6.07) is 10.5. The van der Waals surface area contributed by atoms with Crippen LogP contribution in [0.3, 0.4) is 0 Å². The van der Waals surface area contributed by atoms with Crippen molar-refractivity contribution >= 4 is 6.09 Å². The van der Waals surface area contributed by atoms with Gasteiger partial charge in [-0.15, -0.1) is 0 Å². The van der Waals surface area contributed by atoms with Gasteiger partial charge in [-0.2, -0.15) is 26.3 Å². The van der Waals surface area contributed by atoms with E-state index in [4.69, 9.17) is 9.47 Å². The van der Waals surface area contributed by atoms with E-state index in [0.717, 1.165) is 5.56 Å². The molecule has 0 radical (unpaired) electrons. The zero-order valence-corrected chi connectivity index (χ0v) is 17.0. The Morgan fingerprint density at radius 2 is 1.59 bits per heavy atom. The van der Waals surface area contributed by atoms with Gasteiger partial charge >= 0.3 is 18.4 Å². The predicted molar refractivity (Wildman–Crippen MR) is 103 cm³/mol. The van der Waals surface area contributed by atoms with Crippen LogP contribution in [0.5, 0.6) is 0 Å². The normalized spacial score (nSPS) is 19.7. The van der Waals surface area contributed by atoms with Crippen molar-refractivity contribution in [2.45, 2.75) is 37.4 Å². The van der Waals surface area contributed by atoms with E-state index in [2.05, 4.69) is 0 Å². The zero-order valence-electron chi connectivity index (χ0n) is 17.0. The molecule has 0 N–H and O–H groups in total. The van der Waals surface area contributed by atoms with Crippen LogP contribution < -0.4 is 0 Å². The molecule has 0 spiro atoms. The number of hydrogen-bond donors (Lipinski definition) is 0. The summed E-state index contributed by atoms with van der Waals surface area (Å²) < 4.78 is 89.2. The number of rotatable bonds is 4.